The molecule has 4 heterocycles. The van der Waals surface area contributed by atoms with Gasteiger partial charge in [0, 0.05) is 44.3 Å². The number of fused-ring (bicyclic) bond motifs is 1. The molecule has 4 aromatic rings. The molecular weight excluding hydrogens is 413 g/mol. The van der Waals surface area contributed by atoms with Gasteiger partial charge < -0.3 is 9.80 Å². The summed E-state index contributed by atoms with van der Waals surface area (Å²) in [6, 6.07) is 9.21. The van der Waals surface area contributed by atoms with Gasteiger partial charge in [0.25, 0.3) is 17.2 Å². The lowest BCUT2D eigenvalue weighted by molar-refractivity contribution is 0.0743. The fourth-order valence-corrected chi connectivity index (χ4v) is 3.98. The highest BCUT2D eigenvalue weighted by molar-refractivity contribution is 5.95. The van der Waals surface area contributed by atoms with Crippen LogP contribution in [0.1, 0.15) is 15.9 Å². The zero-order valence-corrected chi connectivity index (χ0v) is 17.3. The number of benzene rings is 1. The van der Waals surface area contributed by atoms with Gasteiger partial charge in [-0.3, -0.25) is 18.6 Å². The molecule has 0 bridgehead atoms. The minimum absolute atomic E-state index is 0.135. The van der Waals surface area contributed by atoms with Crippen molar-refractivity contribution in [2.75, 3.05) is 31.1 Å². The minimum Gasteiger partial charge on any atom is -0.354 e. The standard InChI is InChI=1S/C22H20FN7O2/c1-15-7-9-29(17-4-2-16(23)3-5-17)21(32)19(15)20(31)28-12-10-27(11-13-28)18-6-8-24-22-26-25-14-30(18)22/h2-9,14H,10-13H2,1H3. The van der Waals surface area contributed by atoms with Crippen molar-refractivity contribution in [1.82, 2.24) is 29.0 Å². The summed E-state index contributed by atoms with van der Waals surface area (Å²) in [6.07, 6.45) is 4.90. The molecule has 10 heteroatoms. The van der Waals surface area contributed by atoms with Crippen molar-refractivity contribution in [2.24, 2.45) is 0 Å². The lowest BCUT2D eigenvalue weighted by atomic mass is 10.1. The van der Waals surface area contributed by atoms with Crippen LogP contribution in [-0.2, 0) is 0 Å². The van der Waals surface area contributed by atoms with Gasteiger partial charge in [-0.1, -0.05) is 0 Å². The first-order valence-corrected chi connectivity index (χ1v) is 10.2. The zero-order chi connectivity index (χ0) is 22.2. The molecule has 162 valence electrons. The molecule has 0 atom stereocenters. The molecule has 0 radical (unpaired) electrons. The van der Waals surface area contributed by atoms with E-state index in [1.54, 1.807) is 41.0 Å². The normalized spacial score (nSPS) is 14.2. The second-order valence-corrected chi connectivity index (χ2v) is 7.61. The van der Waals surface area contributed by atoms with Gasteiger partial charge in [0.05, 0.1) is 0 Å². The van der Waals surface area contributed by atoms with Crippen LogP contribution in [0, 0.1) is 12.7 Å². The number of hydrogen-bond acceptors (Lipinski definition) is 6. The van der Waals surface area contributed by atoms with Crippen LogP contribution in [0.25, 0.3) is 11.5 Å². The number of hydrogen-bond donors (Lipinski definition) is 0. The largest absolute Gasteiger partial charge is 0.354 e. The number of nitrogens with zero attached hydrogens (tertiary/aromatic N) is 7. The topological polar surface area (TPSA) is 88.6 Å². The van der Waals surface area contributed by atoms with E-state index in [9.17, 15) is 14.0 Å². The molecule has 1 aromatic carbocycles. The van der Waals surface area contributed by atoms with Crippen LogP contribution in [0.5, 0.6) is 0 Å². The Bertz CT molecular complexity index is 1350. The maximum Gasteiger partial charge on any atom is 0.268 e. The maximum atomic E-state index is 13.3. The fraction of sp³-hybridized carbons (Fsp3) is 0.227. The lowest BCUT2D eigenvalue weighted by Gasteiger charge is -2.36. The number of pyridine rings is 1. The second-order valence-electron chi connectivity index (χ2n) is 7.61. The van der Waals surface area contributed by atoms with Gasteiger partial charge >= 0.3 is 0 Å². The van der Waals surface area contributed by atoms with Crippen molar-refractivity contribution in [1.29, 1.82) is 0 Å². The molecule has 0 unspecified atom stereocenters. The van der Waals surface area contributed by atoms with E-state index < -0.39 is 5.56 Å². The van der Waals surface area contributed by atoms with E-state index in [1.807, 2.05) is 6.07 Å². The average molecular weight is 433 g/mol. The third kappa shape index (κ3) is 3.39. The quantitative estimate of drug-likeness (QED) is 0.489. The van der Waals surface area contributed by atoms with E-state index in [0.29, 0.717) is 43.2 Å². The van der Waals surface area contributed by atoms with Gasteiger partial charge in [-0.2, -0.15) is 0 Å². The molecule has 1 aliphatic heterocycles. The van der Waals surface area contributed by atoms with Crippen molar-refractivity contribution in [3.8, 4) is 5.69 Å². The summed E-state index contributed by atoms with van der Waals surface area (Å²) in [4.78, 5) is 34.4. The van der Waals surface area contributed by atoms with E-state index >= 15 is 0 Å². The van der Waals surface area contributed by atoms with Crippen molar-refractivity contribution >= 4 is 17.5 Å². The summed E-state index contributed by atoms with van der Waals surface area (Å²) in [6.45, 7) is 3.88. The predicted molar refractivity (Wildman–Crippen MR) is 116 cm³/mol. The molecule has 3 aromatic heterocycles. The van der Waals surface area contributed by atoms with Crippen LogP contribution in [0.2, 0.25) is 0 Å². The van der Waals surface area contributed by atoms with E-state index in [4.69, 9.17) is 0 Å². The first-order valence-electron chi connectivity index (χ1n) is 10.2. The highest BCUT2D eigenvalue weighted by Crippen LogP contribution is 2.18. The zero-order valence-electron chi connectivity index (χ0n) is 17.3. The molecule has 1 saturated heterocycles. The van der Waals surface area contributed by atoms with Gasteiger partial charge in [-0.25, -0.2) is 9.37 Å². The van der Waals surface area contributed by atoms with Crippen LogP contribution in [-0.4, -0.2) is 61.1 Å². The number of piperazine rings is 1. The van der Waals surface area contributed by atoms with Crippen molar-refractivity contribution in [3.05, 3.63) is 82.4 Å². The summed E-state index contributed by atoms with van der Waals surface area (Å²) in [7, 11) is 0. The number of halogens is 1. The molecule has 0 saturated carbocycles. The second kappa shape index (κ2) is 7.88. The van der Waals surface area contributed by atoms with Crippen LogP contribution in [0.4, 0.5) is 10.2 Å². The average Bonchev–Trinajstić information content (AvgIpc) is 3.29. The van der Waals surface area contributed by atoms with E-state index in [1.165, 1.54) is 28.8 Å². The van der Waals surface area contributed by atoms with E-state index in [-0.39, 0.29) is 17.3 Å². The molecule has 5 rings (SSSR count). The summed E-state index contributed by atoms with van der Waals surface area (Å²) < 4.78 is 16.5. The summed E-state index contributed by atoms with van der Waals surface area (Å²) >= 11 is 0. The number of rotatable bonds is 3. The highest BCUT2D eigenvalue weighted by atomic mass is 19.1. The van der Waals surface area contributed by atoms with Crippen LogP contribution in [0.3, 0.4) is 0 Å². The molecule has 32 heavy (non-hydrogen) atoms. The molecule has 0 spiro atoms. The monoisotopic (exact) mass is 433 g/mol. The lowest BCUT2D eigenvalue weighted by Crippen LogP contribution is -2.50. The smallest absolute Gasteiger partial charge is 0.268 e. The van der Waals surface area contributed by atoms with E-state index in [0.717, 1.165) is 5.82 Å². The van der Waals surface area contributed by atoms with Crippen LogP contribution in [0.15, 0.2) is 59.9 Å². The summed E-state index contributed by atoms with van der Waals surface area (Å²) in [5.74, 6) is 0.734. The molecule has 1 amide bonds. The Hall–Kier alpha value is -4.08. The Morgan fingerprint density at radius 1 is 1.03 bits per heavy atom. The maximum absolute atomic E-state index is 13.3. The third-order valence-corrected chi connectivity index (χ3v) is 5.70. The minimum atomic E-state index is -0.413. The van der Waals surface area contributed by atoms with Crippen molar-refractivity contribution < 1.29 is 9.18 Å². The molecule has 1 fully saturated rings. The summed E-state index contributed by atoms with van der Waals surface area (Å²) in [5.41, 5.74) is 0.840. The fourth-order valence-electron chi connectivity index (χ4n) is 3.98. The van der Waals surface area contributed by atoms with E-state index in [2.05, 4.69) is 20.1 Å². The highest BCUT2D eigenvalue weighted by Gasteiger charge is 2.27. The van der Waals surface area contributed by atoms with Gasteiger partial charge in [0.1, 0.15) is 23.5 Å². The number of aromatic nitrogens is 5. The number of anilines is 1. The van der Waals surface area contributed by atoms with Gasteiger partial charge in [0.2, 0.25) is 0 Å². The van der Waals surface area contributed by atoms with Crippen molar-refractivity contribution in [3.63, 3.8) is 0 Å². The SMILES string of the molecule is Cc1ccn(-c2ccc(F)cc2)c(=O)c1C(=O)N1CCN(c2ccnc3nncn23)CC1. The predicted octanol–water partition coefficient (Wildman–Crippen LogP) is 1.69. The Morgan fingerprint density at radius 2 is 1.78 bits per heavy atom. The van der Waals surface area contributed by atoms with Gasteiger partial charge in [-0.15, -0.1) is 10.2 Å². The molecular formula is C22H20FN7O2. The number of amides is 1. The molecule has 0 N–H and O–H groups in total. The molecule has 9 nitrogen and oxygen atoms in total. The van der Waals surface area contributed by atoms with Crippen LogP contribution >= 0.6 is 0 Å². The Morgan fingerprint density at radius 3 is 2.53 bits per heavy atom. The van der Waals surface area contributed by atoms with Gasteiger partial charge in [-0.05, 0) is 48.9 Å². The first kappa shape index (κ1) is 19.9. The Balaban J connectivity index is 1.38. The molecule has 0 aliphatic carbocycles. The van der Waals surface area contributed by atoms with Crippen molar-refractivity contribution in [2.45, 2.75) is 6.92 Å². The number of aryl methyl sites for hydroxylation is 1. The summed E-state index contributed by atoms with van der Waals surface area (Å²) in [5, 5.41) is 7.87. The Labute approximate surface area is 182 Å². The van der Waals surface area contributed by atoms with Gasteiger partial charge in [0.15, 0.2) is 0 Å². The third-order valence-electron chi connectivity index (χ3n) is 5.70. The number of carbonyl (C=O) groups is 1. The molecule has 1 aliphatic rings. The Kier molecular flexibility index (Phi) is 4.89. The first-order chi connectivity index (χ1) is 15.5. The number of carbonyl (C=O) groups excluding carboxylic acids is 1. The van der Waals surface area contributed by atoms with Crippen LogP contribution < -0.4 is 10.5 Å².